The Morgan fingerprint density at radius 3 is 2.33 bits per heavy atom. The van der Waals surface area contributed by atoms with Crippen molar-refractivity contribution in [2.75, 3.05) is 52.6 Å². The zero-order chi connectivity index (χ0) is 25.7. The third-order valence-electron chi connectivity index (χ3n) is 6.30. The minimum Gasteiger partial charge on any atom is -0.507 e. The third kappa shape index (κ3) is 5.37. The maximum atomic E-state index is 13.5. The smallest absolute Gasteiger partial charge is 0.295 e. The summed E-state index contributed by atoms with van der Waals surface area (Å²) in [5.41, 5.74) is 0.815. The van der Waals surface area contributed by atoms with Gasteiger partial charge in [0.25, 0.3) is 11.7 Å². The van der Waals surface area contributed by atoms with Crippen molar-refractivity contribution >= 4 is 17.4 Å². The van der Waals surface area contributed by atoms with Gasteiger partial charge in [0.2, 0.25) is 0 Å². The molecule has 0 saturated carbocycles. The molecule has 2 aliphatic heterocycles. The number of likely N-dealkylation sites (tertiary alicyclic amines) is 1. The zero-order valence-corrected chi connectivity index (χ0v) is 20.5. The first-order valence-electron chi connectivity index (χ1n) is 12.2. The molecule has 1 N–H and O–H groups in total. The Balaban J connectivity index is 1.77. The molecule has 2 saturated heterocycles. The van der Waals surface area contributed by atoms with E-state index in [0.717, 1.165) is 13.1 Å². The van der Waals surface area contributed by atoms with Crippen molar-refractivity contribution in [2.24, 2.45) is 0 Å². The van der Waals surface area contributed by atoms with Gasteiger partial charge < -0.3 is 24.2 Å². The molecule has 2 heterocycles. The highest BCUT2D eigenvalue weighted by molar-refractivity contribution is 6.46. The predicted octanol–water partition coefficient (Wildman–Crippen LogP) is 3.38. The van der Waals surface area contributed by atoms with E-state index in [1.54, 1.807) is 18.2 Å². The Morgan fingerprint density at radius 1 is 1.00 bits per heavy atom. The number of carbonyl (C=O) groups excluding carboxylic acids is 2. The fraction of sp³-hybridized carbons (Fsp3) is 0.407. The van der Waals surface area contributed by atoms with Crippen LogP contribution in [0.25, 0.3) is 5.76 Å². The molecule has 0 radical (unpaired) electrons. The quantitative estimate of drug-likeness (QED) is 0.322. The largest absolute Gasteiger partial charge is 0.507 e. The maximum Gasteiger partial charge on any atom is 0.295 e. The summed E-state index contributed by atoms with van der Waals surface area (Å²) in [5, 5.41) is 11.2. The number of ketones is 1. The average molecular weight is 499 g/mol. The van der Waals surface area contributed by atoms with E-state index in [1.807, 2.05) is 13.8 Å². The first-order chi connectivity index (χ1) is 17.4. The van der Waals surface area contributed by atoms with Gasteiger partial charge in [-0.25, -0.2) is 4.39 Å². The molecule has 9 heteroatoms. The fourth-order valence-electron chi connectivity index (χ4n) is 4.53. The summed E-state index contributed by atoms with van der Waals surface area (Å²) in [6, 6.07) is 9.56. The molecule has 0 unspecified atom stereocenters. The van der Waals surface area contributed by atoms with Crippen LogP contribution in [-0.4, -0.2) is 79.2 Å². The fourth-order valence-corrected chi connectivity index (χ4v) is 4.53. The number of aliphatic hydroxyl groups excluding tert-OH is 1. The molecule has 2 aromatic carbocycles. The second kappa shape index (κ2) is 11.5. The minimum absolute atomic E-state index is 0.0415. The molecule has 0 aromatic heterocycles. The number of nitrogens with zero attached hydrogens (tertiary/aromatic N) is 2. The lowest BCUT2D eigenvalue weighted by Gasteiger charge is -2.31. The molecule has 1 amide bonds. The number of Topliss-reactive ketones (excluding diaryl/α,β-unsaturated/α-hetero) is 1. The predicted molar refractivity (Wildman–Crippen MR) is 131 cm³/mol. The number of amides is 1. The van der Waals surface area contributed by atoms with E-state index in [0.29, 0.717) is 50.0 Å². The number of halogens is 1. The molecule has 2 aliphatic rings. The topological polar surface area (TPSA) is 88.5 Å². The Morgan fingerprint density at radius 2 is 1.67 bits per heavy atom. The number of morpholine rings is 1. The highest BCUT2D eigenvalue weighted by atomic mass is 19.1. The lowest BCUT2D eigenvalue weighted by Crippen LogP contribution is -2.42. The maximum absolute atomic E-state index is 13.5. The summed E-state index contributed by atoms with van der Waals surface area (Å²) in [5.74, 6) is -1.26. The number of rotatable bonds is 9. The van der Waals surface area contributed by atoms with Crippen molar-refractivity contribution < 1.29 is 33.3 Å². The van der Waals surface area contributed by atoms with Crippen molar-refractivity contribution in [2.45, 2.75) is 19.9 Å². The van der Waals surface area contributed by atoms with Crippen molar-refractivity contribution in [3.05, 3.63) is 65.0 Å². The molecule has 0 aliphatic carbocycles. The van der Waals surface area contributed by atoms with Crippen LogP contribution in [0.2, 0.25) is 0 Å². The average Bonchev–Trinajstić information content (AvgIpc) is 3.14. The normalized spacial score (nSPS) is 20.1. The van der Waals surface area contributed by atoms with Gasteiger partial charge in [-0.05, 0) is 55.8 Å². The number of benzene rings is 2. The molecule has 2 fully saturated rings. The molecular weight excluding hydrogens is 467 g/mol. The van der Waals surface area contributed by atoms with Gasteiger partial charge in [0.05, 0.1) is 38.0 Å². The molecule has 192 valence electrons. The third-order valence-corrected chi connectivity index (χ3v) is 6.30. The Labute approximate surface area is 209 Å². The number of ether oxygens (including phenoxy) is 3. The summed E-state index contributed by atoms with van der Waals surface area (Å²) < 4.78 is 30.3. The van der Waals surface area contributed by atoms with Crippen LogP contribution in [0.1, 0.15) is 31.0 Å². The molecule has 8 nitrogen and oxygen atoms in total. The van der Waals surface area contributed by atoms with Crippen LogP contribution < -0.4 is 9.47 Å². The standard InChI is InChI=1S/C27H31FN2O6/c1-3-35-21-10-7-19(17-22(21)36-4-2)24-23(25(31)18-5-8-20(28)9-6-18)26(32)27(33)30(24)12-11-29-13-15-34-16-14-29/h5-10,17,24,31H,3-4,11-16H2,1-2H3/b25-23+/t24-/m1/s1. The van der Waals surface area contributed by atoms with E-state index in [2.05, 4.69) is 4.90 Å². The highest BCUT2D eigenvalue weighted by Crippen LogP contribution is 2.42. The highest BCUT2D eigenvalue weighted by Gasteiger charge is 2.46. The molecule has 2 aromatic rings. The van der Waals surface area contributed by atoms with Crippen LogP contribution >= 0.6 is 0 Å². The van der Waals surface area contributed by atoms with Crippen LogP contribution in [0.15, 0.2) is 48.0 Å². The number of carbonyl (C=O) groups is 2. The van der Waals surface area contributed by atoms with Crippen LogP contribution in [0.3, 0.4) is 0 Å². The summed E-state index contributed by atoms with van der Waals surface area (Å²) in [6.07, 6.45) is 0. The van der Waals surface area contributed by atoms with Crippen molar-refractivity contribution in [3.63, 3.8) is 0 Å². The van der Waals surface area contributed by atoms with Gasteiger partial charge in [-0.15, -0.1) is 0 Å². The number of hydrogen-bond acceptors (Lipinski definition) is 7. The van der Waals surface area contributed by atoms with E-state index < -0.39 is 23.5 Å². The second-order valence-electron chi connectivity index (χ2n) is 8.53. The lowest BCUT2D eigenvalue weighted by molar-refractivity contribution is -0.140. The van der Waals surface area contributed by atoms with Gasteiger partial charge in [-0.1, -0.05) is 6.07 Å². The SMILES string of the molecule is CCOc1ccc([C@@H]2/C(=C(\O)c3ccc(F)cc3)C(=O)C(=O)N2CCN2CCOCC2)cc1OCC. The summed E-state index contributed by atoms with van der Waals surface area (Å²) in [4.78, 5) is 30.1. The van der Waals surface area contributed by atoms with E-state index >= 15 is 0 Å². The van der Waals surface area contributed by atoms with Crippen LogP contribution in [0, 0.1) is 5.82 Å². The van der Waals surface area contributed by atoms with E-state index in [9.17, 15) is 19.1 Å². The van der Waals surface area contributed by atoms with Gasteiger partial charge >= 0.3 is 0 Å². The van der Waals surface area contributed by atoms with E-state index in [4.69, 9.17) is 14.2 Å². The Hall–Kier alpha value is -3.43. The van der Waals surface area contributed by atoms with Crippen molar-refractivity contribution in [3.8, 4) is 11.5 Å². The molecule has 0 bridgehead atoms. The Kier molecular flexibility index (Phi) is 8.22. The monoisotopic (exact) mass is 498 g/mol. The minimum atomic E-state index is -0.842. The summed E-state index contributed by atoms with van der Waals surface area (Å²) in [6.45, 7) is 8.11. The molecule has 36 heavy (non-hydrogen) atoms. The van der Waals surface area contributed by atoms with Crippen LogP contribution in [0.5, 0.6) is 11.5 Å². The first-order valence-corrected chi connectivity index (χ1v) is 12.2. The van der Waals surface area contributed by atoms with Crippen LogP contribution in [-0.2, 0) is 14.3 Å². The van der Waals surface area contributed by atoms with Crippen molar-refractivity contribution in [1.29, 1.82) is 0 Å². The zero-order valence-electron chi connectivity index (χ0n) is 20.5. The first kappa shape index (κ1) is 25.7. The van der Waals surface area contributed by atoms with E-state index in [-0.39, 0.29) is 23.4 Å². The van der Waals surface area contributed by atoms with Crippen LogP contribution in [0.4, 0.5) is 4.39 Å². The number of hydrogen-bond donors (Lipinski definition) is 1. The van der Waals surface area contributed by atoms with Gasteiger partial charge in [-0.2, -0.15) is 0 Å². The number of aliphatic hydroxyl groups is 1. The molecule has 1 atom stereocenters. The van der Waals surface area contributed by atoms with Gasteiger partial charge in [0.1, 0.15) is 11.6 Å². The summed E-state index contributed by atoms with van der Waals surface area (Å²) >= 11 is 0. The molecular formula is C27H31FN2O6. The lowest BCUT2D eigenvalue weighted by atomic mass is 9.95. The van der Waals surface area contributed by atoms with Gasteiger partial charge in [-0.3, -0.25) is 14.5 Å². The Bertz CT molecular complexity index is 1130. The summed E-state index contributed by atoms with van der Waals surface area (Å²) in [7, 11) is 0. The second-order valence-corrected chi connectivity index (χ2v) is 8.53. The van der Waals surface area contributed by atoms with E-state index in [1.165, 1.54) is 29.2 Å². The van der Waals surface area contributed by atoms with Gasteiger partial charge in [0.15, 0.2) is 11.5 Å². The molecule has 4 rings (SSSR count). The van der Waals surface area contributed by atoms with Gasteiger partial charge in [0, 0.05) is 31.7 Å². The van der Waals surface area contributed by atoms with Crippen molar-refractivity contribution in [1.82, 2.24) is 9.80 Å². The molecule has 0 spiro atoms.